The molecule has 0 bridgehead atoms. The maximum absolute atomic E-state index is 14.7. The first-order valence-electron chi connectivity index (χ1n) is 16.6. The number of benzene rings is 1. The Bertz CT molecular complexity index is 1490. The van der Waals surface area contributed by atoms with Gasteiger partial charge >= 0.3 is 0 Å². The van der Waals surface area contributed by atoms with Crippen molar-refractivity contribution in [2.24, 2.45) is 5.92 Å². The molecule has 1 amide bonds. The number of aromatic nitrogens is 4. The van der Waals surface area contributed by atoms with Gasteiger partial charge in [-0.2, -0.15) is 4.98 Å². The predicted octanol–water partition coefficient (Wildman–Crippen LogP) is 4.45. The summed E-state index contributed by atoms with van der Waals surface area (Å²) in [5.41, 5.74) is 1.32. The smallest absolute Gasteiger partial charge is 0.225 e. The van der Waals surface area contributed by atoms with E-state index in [1.807, 2.05) is 9.47 Å². The number of aliphatic hydroxyl groups is 1. The minimum atomic E-state index is -0.708. The molecule has 45 heavy (non-hydrogen) atoms. The first-order valence-corrected chi connectivity index (χ1v) is 16.6. The number of imidazole rings is 1. The topological polar surface area (TPSA) is 115 Å². The normalized spacial score (nSPS) is 26.8. The summed E-state index contributed by atoms with van der Waals surface area (Å²) in [6.07, 6.45) is 10.1. The lowest BCUT2D eigenvalue weighted by Crippen LogP contribution is -2.55. The Kier molecular flexibility index (Phi) is 8.83. The van der Waals surface area contributed by atoms with Crippen molar-refractivity contribution in [1.29, 1.82) is 0 Å². The summed E-state index contributed by atoms with van der Waals surface area (Å²) in [6, 6.07) is 3.59. The van der Waals surface area contributed by atoms with E-state index >= 15 is 0 Å². The summed E-state index contributed by atoms with van der Waals surface area (Å²) in [5, 5.41) is 21.3. The second kappa shape index (κ2) is 13.1. The van der Waals surface area contributed by atoms with Crippen LogP contribution in [0.4, 0.5) is 26.4 Å². The second-order valence-electron chi connectivity index (χ2n) is 13.1. The standard InChI is InChI=1S/C32H43F2N9O2/c33-22-5-12-27(26(34)19-22)37-32-38-28-20-35-31(36-23-6-10-25(44)11-7-23)39-29(28)43(32)24-8-3-21(4-9-24)30(45)40-15-17-42(18-16-40)41-13-1-2-14-41/h5,12,19-21,23-25,44H,1-4,6-11,13-18H2,(H,37,38)(H,35,36,39). The largest absolute Gasteiger partial charge is 0.393 e. The molecule has 0 unspecified atom stereocenters. The average Bonchev–Trinajstić information content (AvgIpc) is 3.72. The fourth-order valence-electron chi connectivity index (χ4n) is 7.53. The molecule has 0 atom stereocenters. The van der Waals surface area contributed by atoms with Gasteiger partial charge in [-0.25, -0.2) is 28.8 Å². The van der Waals surface area contributed by atoms with Gasteiger partial charge in [0.25, 0.3) is 0 Å². The van der Waals surface area contributed by atoms with Crippen molar-refractivity contribution in [2.45, 2.75) is 82.4 Å². The molecule has 3 N–H and O–H groups in total. The molecule has 0 radical (unpaired) electrons. The van der Waals surface area contributed by atoms with Crippen molar-refractivity contribution in [3.05, 3.63) is 36.0 Å². The van der Waals surface area contributed by atoms with Crippen molar-refractivity contribution in [2.75, 3.05) is 49.9 Å². The maximum atomic E-state index is 14.7. The van der Waals surface area contributed by atoms with Crippen molar-refractivity contribution in [3.63, 3.8) is 0 Å². The number of carbonyl (C=O) groups excluding carboxylic acids is 1. The molecule has 2 aliphatic carbocycles. The SMILES string of the molecule is O=C(C1CCC(n2c(Nc3ccc(F)cc3F)nc3cnc(NC4CCC(O)CC4)nc32)CC1)N1CCN(N2CCCC2)CC1. The molecule has 4 fully saturated rings. The van der Waals surface area contributed by atoms with E-state index in [1.54, 1.807) is 6.20 Å². The number of rotatable bonds is 7. The third-order valence-corrected chi connectivity index (χ3v) is 10.1. The van der Waals surface area contributed by atoms with Gasteiger partial charge < -0.3 is 20.6 Å². The summed E-state index contributed by atoms with van der Waals surface area (Å²) >= 11 is 0. The number of aliphatic hydroxyl groups excluding tert-OH is 1. The molecule has 242 valence electrons. The summed E-state index contributed by atoms with van der Waals surface area (Å²) in [7, 11) is 0. The molecule has 3 aromatic rings. The van der Waals surface area contributed by atoms with Crippen LogP contribution < -0.4 is 10.6 Å². The van der Waals surface area contributed by atoms with E-state index in [2.05, 4.69) is 25.6 Å². The summed E-state index contributed by atoms with van der Waals surface area (Å²) in [5.74, 6) is -0.224. The van der Waals surface area contributed by atoms with E-state index in [1.165, 1.54) is 25.0 Å². The number of halogens is 2. The molecule has 13 heteroatoms. The van der Waals surface area contributed by atoms with Crippen LogP contribution in [0, 0.1) is 17.6 Å². The molecule has 11 nitrogen and oxygen atoms in total. The van der Waals surface area contributed by atoms with Gasteiger partial charge in [0.2, 0.25) is 17.8 Å². The number of hydrogen-bond acceptors (Lipinski definition) is 9. The van der Waals surface area contributed by atoms with E-state index in [4.69, 9.17) is 9.97 Å². The number of hydrazine groups is 1. The maximum Gasteiger partial charge on any atom is 0.225 e. The van der Waals surface area contributed by atoms with Crippen molar-refractivity contribution >= 4 is 34.7 Å². The van der Waals surface area contributed by atoms with Gasteiger partial charge in [0.15, 0.2) is 5.65 Å². The van der Waals surface area contributed by atoms with E-state index < -0.39 is 11.6 Å². The minimum Gasteiger partial charge on any atom is -0.393 e. The van der Waals surface area contributed by atoms with Crippen LogP contribution in [0.3, 0.4) is 0 Å². The van der Waals surface area contributed by atoms with E-state index in [0.29, 0.717) is 23.1 Å². The highest BCUT2D eigenvalue weighted by molar-refractivity contribution is 5.79. The van der Waals surface area contributed by atoms with Crippen LogP contribution in [0.1, 0.15) is 70.3 Å². The van der Waals surface area contributed by atoms with Gasteiger partial charge in [-0.05, 0) is 76.3 Å². The van der Waals surface area contributed by atoms with Crippen LogP contribution in [0.2, 0.25) is 0 Å². The zero-order chi connectivity index (χ0) is 30.9. The fourth-order valence-corrected chi connectivity index (χ4v) is 7.53. The highest BCUT2D eigenvalue weighted by Crippen LogP contribution is 2.38. The molecule has 1 aromatic carbocycles. The monoisotopic (exact) mass is 623 g/mol. The number of piperazine rings is 1. The number of nitrogens with one attached hydrogen (secondary N) is 2. The Balaban J connectivity index is 1.08. The number of carbonyl (C=O) groups is 1. The highest BCUT2D eigenvalue weighted by Gasteiger charge is 2.34. The number of amides is 1. The van der Waals surface area contributed by atoms with Crippen molar-refractivity contribution < 1.29 is 18.7 Å². The molecule has 2 saturated carbocycles. The van der Waals surface area contributed by atoms with Gasteiger partial charge in [0.1, 0.15) is 17.2 Å². The third-order valence-electron chi connectivity index (χ3n) is 10.1. The molecule has 2 aliphatic heterocycles. The molecule has 4 heterocycles. The Morgan fingerprint density at radius 3 is 2.29 bits per heavy atom. The first-order chi connectivity index (χ1) is 21.9. The van der Waals surface area contributed by atoms with Crippen LogP contribution in [-0.4, -0.2) is 96.9 Å². The molecular formula is C32H43F2N9O2. The fraction of sp³-hybridized carbons (Fsp3) is 0.625. The lowest BCUT2D eigenvalue weighted by molar-refractivity contribution is -0.141. The summed E-state index contributed by atoms with van der Waals surface area (Å²) in [4.78, 5) is 29.7. The van der Waals surface area contributed by atoms with Crippen LogP contribution >= 0.6 is 0 Å². The summed E-state index contributed by atoms with van der Waals surface area (Å²) < 4.78 is 30.4. The number of fused-ring (bicyclic) bond motifs is 1. The van der Waals surface area contributed by atoms with Crippen molar-refractivity contribution in [1.82, 2.24) is 34.4 Å². The number of anilines is 3. The number of nitrogens with zero attached hydrogens (tertiary/aromatic N) is 7. The Labute approximate surface area is 262 Å². The van der Waals surface area contributed by atoms with Gasteiger partial charge in [0, 0.05) is 63.3 Å². The molecular weight excluding hydrogens is 580 g/mol. The van der Waals surface area contributed by atoms with Crippen LogP contribution in [0.5, 0.6) is 0 Å². The number of hydrogen-bond donors (Lipinski definition) is 3. The summed E-state index contributed by atoms with van der Waals surface area (Å²) in [6.45, 7) is 5.58. The van der Waals surface area contributed by atoms with Gasteiger partial charge in [-0.1, -0.05) is 0 Å². The van der Waals surface area contributed by atoms with Gasteiger partial charge in [0.05, 0.1) is 18.0 Å². The minimum absolute atomic E-state index is 0.00958. The molecule has 0 spiro atoms. The zero-order valence-corrected chi connectivity index (χ0v) is 25.7. The third kappa shape index (κ3) is 6.61. The molecule has 4 aliphatic rings. The van der Waals surface area contributed by atoms with Crippen LogP contribution in [-0.2, 0) is 4.79 Å². The van der Waals surface area contributed by atoms with Crippen molar-refractivity contribution in [3.8, 4) is 0 Å². The Morgan fingerprint density at radius 2 is 1.58 bits per heavy atom. The molecule has 2 aromatic heterocycles. The van der Waals surface area contributed by atoms with Crippen LogP contribution in [0.25, 0.3) is 11.2 Å². The molecule has 2 saturated heterocycles. The second-order valence-corrected chi connectivity index (χ2v) is 13.1. The molecule has 7 rings (SSSR count). The van der Waals surface area contributed by atoms with E-state index in [-0.39, 0.29) is 35.7 Å². The Hall–Kier alpha value is -3.42. The van der Waals surface area contributed by atoms with E-state index in [0.717, 1.165) is 96.7 Å². The lowest BCUT2D eigenvalue weighted by atomic mass is 9.85. The van der Waals surface area contributed by atoms with E-state index in [9.17, 15) is 18.7 Å². The quantitative estimate of drug-likeness (QED) is 0.351. The first kappa shape index (κ1) is 30.2. The Morgan fingerprint density at radius 1 is 0.867 bits per heavy atom. The lowest BCUT2D eigenvalue weighted by Gasteiger charge is -2.41. The van der Waals surface area contributed by atoms with Gasteiger partial charge in [-0.15, -0.1) is 0 Å². The van der Waals surface area contributed by atoms with Crippen LogP contribution in [0.15, 0.2) is 24.4 Å². The zero-order valence-electron chi connectivity index (χ0n) is 25.7. The van der Waals surface area contributed by atoms with Gasteiger partial charge in [-0.3, -0.25) is 9.36 Å². The highest BCUT2D eigenvalue weighted by atomic mass is 19.1. The average molecular weight is 624 g/mol. The predicted molar refractivity (Wildman–Crippen MR) is 167 cm³/mol.